The zero-order chi connectivity index (χ0) is 21.5. The van der Waals surface area contributed by atoms with Gasteiger partial charge >= 0.3 is 5.69 Å². The van der Waals surface area contributed by atoms with Crippen LogP contribution in [0.15, 0.2) is 49.6 Å². The van der Waals surface area contributed by atoms with E-state index in [0.717, 1.165) is 11.8 Å². The molecular formula is C18H18N6O5S. The Morgan fingerprint density at radius 2 is 1.83 bits per heavy atom. The molecule has 4 N–H and O–H groups in total. The highest BCUT2D eigenvalue weighted by Gasteiger charge is 2.13. The average molecular weight is 430 g/mol. The molecular weight excluding hydrogens is 412 g/mol. The van der Waals surface area contributed by atoms with Gasteiger partial charge in [-0.15, -0.1) is 10.2 Å². The molecule has 0 saturated carbocycles. The van der Waals surface area contributed by atoms with Gasteiger partial charge in [-0.2, -0.15) is 0 Å². The lowest BCUT2D eigenvalue weighted by Crippen LogP contribution is -2.42. The van der Waals surface area contributed by atoms with E-state index in [-0.39, 0.29) is 11.0 Å². The van der Waals surface area contributed by atoms with Gasteiger partial charge < -0.3 is 9.40 Å². The molecule has 0 unspecified atom stereocenters. The van der Waals surface area contributed by atoms with Crippen LogP contribution in [0.25, 0.3) is 0 Å². The fourth-order valence-corrected chi connectivity index (χ4v) is 3.09. The van der Waals surface area contributed by atoms with E-state index in [1.54, 1.807) is 37.3 Å². The predicted octanol–water partition coefficient (Wildman–Crippen LogP) is 0.0931. The van der Waals surface area contributed by atoms with E-state index in [4.69, 9.17) is 4.42 Å². The number of aromatic nitrogens is 4. The first-order valence-electron chi connectivity index (χ1n) is 8.84. The normalized spacial score (nSPS) is 10.6. The Bertz CT molecular complexity index is 1150. The molecule has 0 atom stereocenters. The van der Waals surface area contributed by atoms with Crippen LogP contribution < -0.4 is 22.1 Å². The minimum atomic E-state index is -0.559. The van der Waals surface area contributed by atoms with E-state index in [2.05, 4.69) is 31.0 Å². The van der Waals surface area contributed by atoms with E-state index < -0.39 is 23.1 Å². The molecule has 2 amide bonds. The minimum Gasteiger partial charge on any atom is -0.416 e. The molecule has 0 fully saturated rings. The zero-order valence-electron chi connectivity index (χ0n) is 15.9. The number of benzene rings is 1. The van der Waals surface area contributed by atoms with Crippen LogP contribution in [-0.4, -0.2) is 37.7 Å². The minimum absolute atomic E-state index is 0.0462. The SMILES string of the molecule is Cc1[nH]c(=O)[nH]c(=O)c1CCc1nnc(SCC(=O)NNC(=O)c2ccccc2)o1. The fraction of sp³-hybridized carbons (Fsp3) is 0.222. The van der Waals surface area contributed by atoms with Gasteiger partial charge in [0, 0.05) is 23.2 Å². The van der Waals surface area contributed by atoms with Crippen LogP contribution in [0.5, 0.6) is 0 Å². The fourth-order valence-electron chi connectivity index (χ4n) is 2.51. The number of rotatable bonds is 7. The molecule has 2 aromatic heterocycles. The van der Waals surface area contributed by atoms with Gasteiger partial charge in [-0.1, -0.05) is 30.0 Å². The molecule has 12 heteroatoms. The van der Waals surface area contributed by atoms with E-state index in [0.29, 0.717) is 35.6 Å². The third-order valence-corrected chi connectivity index (χ3v) is 4.79. The first-order valence-corrected chi connectivity index (χ1v) is 9.82. The van der Waals surface area contributed by atoms with Crippen molar-refractivity contribution in [3.05, 3.63) is 73.9 Å². The number of carbonyl (C=O) groups excluding carboxylic acids is 2. The molecule has 3 rings (SSSR count). The topological polar surface area (TPSA) is 163 Å². The molecule has 2 heterocycles. The van der Waals surface area contributed by atoms with Crippen LogP contribution in [-0.2, 0) is 17.6 Å². The summed E-state index contributed by atoms with van der Waals surface area (Å²) in [5, 5.41) is 7.90. The van der Waals surface area contributed by atoms with Gasteiger partial charge in [-0.3, -0.25) is 30.2 Å². The number of thioether (sulfide) groups is 1. The Morgan fingerprint density at radius 1 is 1.07 bits per heavy atom. The highest BCUT2D eigenvalue weighted by Crippen LogP contribution is 2.16. The standard InChI is InChI=1S/C18H18N6O5S/c1-10-12(16(27)20-17(28)19-10)7-8-14-22-24-18(29-14)30-9-13(25)21-23-15(26)11-5-3-2-4-6-11/h2-6H,7-9H2,1H3,(H,21,25)(H,23,26)(H2,19,20,27,28). The maximum Gasteiger partial charge on any atom is 0.325 e. The molecule has 0 radical (unpaired) electrons. The van der Waals surface area contributed by atoms with Crippen LogP contribution in [0.2, 0.25) is 0 Å². The van der Waals surface area contributed by atoms with Crippen LogP contribution >= 0.6 is 11.8 Å². The summed E-state index contributed by atoms with van der Waals surface area (Å²) in [6.45, 7) is 1.64. The molecule has 156 valence electrons. The Hall–Kier alpha value is -3.67. The second-order valence-electron chi connectivity index (χ2n) is 6.13. The molecule has 1 aromatic carbocycles. The molecule has 0 bridgehead atoms. The smallest absolute Gasteiger partial charge is 0.325 e. The molecule has 0 aliphatic heterocycles. The molecule has 3 aromatic rings. The number of hydrogen-bond acceptors (Lipinski definition) is 8. The summed E-state index contributed by atoms with van der Waals surface area (Å²) in [5.74, 6) is -0.628. The van der Waals surface area contributed by atoms with Crippen molar-refractivity contribution in [1.29, 1.82) is 0 Å². The van der Waals surface area contributed by atoms with Crippen molar-refractivity contribution < 1.29 is 14.0 Å². The van der Waals surface area contributed by atoms with Crippen molar-refractivity contribution >= 4 is 23.6 Å². The Labute approximate surface area is 173 Å². The van der Waals surface area contributed by atoms with Crippen molar-refractivity contribution in [1.82, 2.24) is 31.0 Å². The quantitative estimate of drug-likeness (QED) is 0.303. The van der Waals surface area contributed by atoms with Gasteiger partial charge in [-0.05, 0) is 25.5 Å². The van der Waals surface area contributed by atoms with Gasteiger partial charge in [0.15, 0.2) is 0 Å². The van der Waals surface area contributed by atoms with Crippen molar-refractivity contribution in [2.24, 2.45) is 0 Å². The van der Waals surface area contributed by atoms with Gasteiger partial charge in [-0.25, -0.2) is 4.79 Å². The zero-order valence-corrected chi connectivity index (χ0v) is 16.7. The first-order chi connectivity index (χ1) is 14.4. The highest BCUT2D eigenvalue weighted by molar-refractivity contribution is 7.99. The van der Waals surface area contributed by atoms with Gasteiger partial charge in [0.25, 0.3) is 16.7 Å². The third kappa shape index (κ3) is 5.67. The number of H-pyrrole nitrogens is 2. The Morgan fingerprint density at radius 3 is 2.57 bits per heavy atom. The summed E-state index contributed by atoms with van der Waals surface area (Å²) in [5.41, 5.74) is 4.93. The maximum absolute atomic E-state index is 11.9. The number of nitrogens with zero attached hydrogens (tertiary/aromatic N) is 2. The number of aryl methyl sites for hydroxylation is 2. The summed E-state index contributed by atoms with van der Waals surface area (Å²) in [6.07, 6.45) is 0.596. The van der Waals surface area contributed by atoms with E-state index in [9.17, 15) is 19.2 Å². The molecule has 0 saturated heterocycles. The molecule has 0 aliphatic carbocycles. The van der Waals surface area contributed by atoms with Crippen molar-refractivity contribution in [2.75, 3.05) is 5.75 Å². The average Bonchev–Trinajstić information content (AvgIpc) is 3.18. The summed E-state index contributed by atoms with van der Waals surface area (Å²) in [4.78, 5) is 51.5. The second-order valence-corrected chi connectivity index (χ2v) is 7.06. The van der Waals surface area contributed by atoms with Crippen LogP contribution in [0.4, 0.5) is 0 Å². The maximum atomic E-state index is 11.9. The number of nitrogens with one attached hydrogen (secondary N) is 4. The number of carbonyl (C=O) groups is 2. The lowest BCUT2D eigenvalue weighted by Gasteiger charge is -2.06. The van der Waals surface area contributed by atoms with Gasteiger partial charge in [0.05, 0.1) is 5.75 Å². The number of amides is 2. The predicted molar refractivity (Wildman–Crippen MR) is 107 cm³/mol. The van der Waals surface area contributed by atoms with E-state index >= 15 is 0 Å². The lowest BCUT2D eigenvalue weighted by molar-refractivity contribution is -0.119. The Kier molecular flexibility index (Phi) is 6.80. The largest absolute Gasteiger partial charge is 0.416 e. The monoisotopic (exact) mass is 430 g/mol. The number of hydrogen-bond donors (Lipinski definition) is 4. The first kappa shape index (κ1) is 21.0. The molecule has 30 heavy (non-hydrogen) atoms. The van der Waals surface area contributed by atoms with Crippen LogP contribution in [0.3, 0.4) is 0 Å². The van der Waals surface area contributed by atoms with Gasteiger partial charge in [0.2, 0.25) is 11.8 Å². The van der Waals surface area contributed by atoms with Crippen LogP contribution in [0, 0.1) is 6.92 Å². The second kappa shape index (κ2) is 9.69. The summed E-state index contributed by atoms with van der Waals surface area (Å²) < 4.78 is 5.44. The van der Waals surface area contributed by atoms with Gasteiger partial charge in [0.1, 0.15) is 0 Å². The number of aromatic amines is 2. The molecule has 0 aliphatic rings. The summed E-state index contributed by atoms with van der Waals surface area (Å²) in [7, 11) is 0. The molecule has 0 spiro atoms. The highest BCUT2D eigenvalue weighted by atomic mass is 32.2. The Balaban J connectivity index is 1.45. The van der Waals surface area contributed by atoms with Crippen molar-refractivity contribution in [2.45, 2.75) is 25.0 Å². The third-order valence-electron chi connectivity index (χ3n) is 3.97. The van der Waals surface area contributed by atoms with E-state index in [1.807, 2.05) is 0 Å². The lowest BCUT2D eigenvalue weighted by atomic mass is 10.1. The van der Waals surface area contributed by atoms with E-state index in [1.165, 1.54) is 0 Å². The van der Waals surface area contributed by atoms with Crippen LogP contribution in [0.1, 0.15) is 27.5 Å². The van der Waals surface area contributed by atoms with Crippen molar-refractivity contribution in [3.63, 3.8) is 0 Å². The number of hydrazine groups is 1. The van der Waals surface area contributed by atoms with Crippen molar-refractivity contribution in [3.8, 4) is 0 Å². The summed E-state index contributed by atoms with van der Waals surface area (Å²) >= 11 is 1.01. The summed E-state index contributed by atoms with van der Waals surface area (Å²) in [6, 6.07) is 8.46. The molecule has 11 nitrogen and oxygen atoms in total.